The second-order valence-corrected chi connectivity index (χ2v) is 6.58. The molecule has 0 amide bonds. The Kier molecular flexibility index (Phi) is 4.04. The Labute approximate surface area is 133 Å². The number of anilines is 2. The quantitative estimate of drug-likeness (QED) is 0.645. The van der Waals surface area contributed by atoms with Crippen LogP contribution in [0.25, 0.3) is 0 Å². The normalized spacial score (nSPS) is 17.9. The van der Waals surface area contributed by atoms with Crippen molar-refractivity contribution in [2.24, 2.45) is 5.92 Å². The van der Waals surface area contributed by atoms with Crippen LogP contribution < -0.4 is 4.90 Å². The van der Waals surface area contributed by atoms with Gasteiger partial charge in [-0.3, -0.25) is 0 Å². The van der Waals surface area contributed by atoms with Gasteiger partial charge >= 0.3 is 0 Å². The molecule has 0 spiro atoms. The van der Waals surface area contributed by atoms with Crippen LogP contribution in [0.2, 0.25) is 0 Å². The topological polar surface area (TPSA) is 3.24 Å². The number of benzene rings is 2. The largest absolute Gasteiger partial charge is 0.341 e. The third-order valence-corrected chi connectivity index (χ3v) is 4.86. The SMILES string of the molecule is CC1Cc2ccccc2N(c2ccc(CCl)c(Br)c2)C1. The Morgan fingerprint density at radius 3 is 2.80 bits per heavy atom. The lowest BCUT2D eigenvalue weighted by Gasteiger charge is -2.35. The number of hydrogen-bond donors (Lipinski definition) is 0. The van der Waals surface area contributed by atoms with Gasteiger partial charge in [0, 0.05) is 28.3 Å². The molecule has 1 aliphatic rings. The molecule has 0 aromatic heterocycles. The molecule has 104 valence electrons. The van der Waals surface area contributed by atoms with Crippen molar-refractivity contribution < 1.29 is 0 Å². The number of para-hydroxylation sites is 1. The predicted molar refractivity (Wildman–Crippen MR) is 90.0 cm³/mol. The molecule has 1 nitrogen and oxygen atoms in total. The molecule has 20 heavy (non-hydrogen) atoms. The summed E-state index contributed by atoms with van der Waals surface area (Å²) in [6.45, 7) is 3.37. The maximum Gasteiger partial charge on any atom is 0.0485 e. The molecule has 2 aromatic carbocycles. The van der Waals surface area contributed by atoms with Crippen LogP contribution in [0.5, 0.6) is 0 Å². The summed E-state index contributed by atoms with van der Waals surface area (Å²) in [5, 5.41) is 0. The Bertz CT molecular complexity index is 626. The van der Waals surface area contributed by atoms with Crippen LogP contribution in [-0.4, -0.2) is 6.54 Å². The number of rotatable bonds is 2. The summed E-state index contributed by atoms with van der Waals surface area (Å²) in [7, 11) is 0. The average molecular weight is 351 g/mol. The lowest BCUT2D eigenvalue weighted by molar-refractivity contribution is 0.562. The summed E-state index contributed by atoms with van der Waals surface area (Å²) in [6, 6.07) is 15.1. The summed E-state index contributed by atoms with van der Waals surface area (Å²) in [5.41, 5.74) is 5.12. The van der Waals surface area contributed by atoms with E-state index < -0.39 is 0 Å². The molecule has 0 fully saturated rings. The first-order valence-corrected chi connectivity index (χ1v) is 8.21. The maximum absolute atomic E-state index is 5.93. The second-order valence-electron chi connectivity index (χ2n) is 5.46. The van der Waals surface area contributed by atoms with E-state index in [0.29, 0.717) is 11.8 Å². The van der Waals surface area contributed by atoms with Gasteiger partial charge in [0.2, 0.25) is 0 Å². The molecule has 0 saturated heterocycles. The van der Waals surface area contributed by atoms with Gasteiger partial charge in [0.25, 0.3) is 0 Å². The number of fused-ring (bicyclic) bond motifs is 1. The van der Waals surface area contributed by atoms with Crippen LogP contribution in [0.4, 0.5) is 11.4 Å². The van der Waals surface area contributed by atoms with Gasteiger partial charge in [-0.15, -0.1) is 11.6 Å². The van der Waals surface area contributed by atoms with E-state index in [0.717, 1.165) is 23.0 Å². The van der Waals surface area contributed by atoms with E-state index in [2.05, 4.69) is 70.2 Å². The highest BCUT2D eigenvalue weighted by atomic mass is 79.9. The smallest absolute Gasteiger partial charge is 0.0485 e. The summed E-state index contributed by atoms with van der Waals surface area (Å²) in [4.78, 5) is 2.41. The molecule has 0 bridgehead atoms. The number of nitrogens with zero attached hydrogens (tertiary/aromatic N) is 1. The minimum atomic E-state index is 0.536. The molecule has 3 heteroatoms. The first-order valence-electron chi connectivity index (χ1n) is 6.89. The van der Waals surface area contributed by atoms with Gasteiger partial charge in [-0.25, -0.2) is 0 Å². The highest BCUT2D eigenvalue weighted by Gasteiger charge is 2.22. The van der Waals surface area contributed by atoms with Crippen molar-refractivity contribution in [2.45, 2.75) is 19.2 Å². The second kappa shape index (κ2) is 5.79. The van der Waals surface area contributed by atoms with Crippen molar-refractivity contribution in [3.8, 4) is 0 Å². The van der Waals surface area contributed by atoms with E-state index in [-0.39, 0.29) is 0 Å². The van der Waals surface area contributed by atoms with Crippen LogP contribution in [0, 0.1) is 5.92 Å². The van der Waals surface area contributed by atoms with Crippen molar-refractivity contribution in [1.82, 2.24) is 0 Å². The van der Waals surface area contributed by atoms with E-state index in [1.165, 1.54) is 16.9 Å². The fraction of sp³-hybridized carbons (Fsp3) is 0.294. The Hall–Kier alpha value is -0.990. The van der Waals surface area contributed by atoms with E-state index in [1.54, 1.807) is 0 Å². The summed E-state index contributed by atoms with van der Waals surface area (Å²) >= 11 is 9.55. The van der Waals surface area contributed by atoms with Gasteiger partial charge in [-0.05, 0) is 41.7 Å². The molecule has 1 heterocycles. The van der Waals surface area contributed by atoms with Crippen molar-refractivity contribution in [3.63, 3.8) is 0 Å². The monoisotopic (exact) mass is 349 g/mol. The maximum atomic E-state index is 5.93. The summed E-state index contributed by atoms with van der Waals surface area (Å²) in [6.07, 6.45) is 1.16. The average Bonchev–Trinajstić information content (AvgIpc) is 2.46. The van der Waals surface area contributed by atoms with Crippen molar-refractivity contribution in [3.05, 3.63) is 58.1 Å². The van der Waals surface area contributed by atoms with Crippen LogP contribution in [0.15, 0.2) is 46.9 Å². The van der Waals surface area contributed by atoms with E-state index in [1.807, 2.05) is 0 Å². The lowest BCUT2D eigenvalue weighted by atomic mass is 9.93. The predicted octanol–water partition coefficient (Wildman–Crippen LogP) is 5.52. The van der Waals surface area contributed by atoms with Crippen LogP contribution in [0.1, 0.15) is 18.1 Å². The van der Waals surface area contributed by atoms with E-state index in [9.17, 15) is 0 Å². The molecular weight excluding hydrogens is 334 g/mol. The number of alkyl halides is 1. The first kappa shape index (κ1) is 14.0. The molecule has 3 rings (SSSR count). The van der Waals surface area contributed by atoms with Gasteiger partial charge in [0.15, 0.2) is 0 Å². The zero-order valence-electron chi connectivity index (χ0n) is 11.4. The Morgan fingerprint density at radius 2 is 2.05 bits per heavy atom. The molecule has 0 N–H and O–H groups in total. The lowest BCUT2D eigenvalue weighted by Crippen LogP contribution is -2.30. The van der Waals surface area contributed by atoms with Crippen LogP contribution in [0.3, 0.4) is 0 Å². The zero-order valence-corrected chi connectivity index (χ0v) is 13.8. The molecule has 2 aromatic rings. The van der Waals surface area contributed by atoms with Gasteiger partial charge in [-0.2, -0.15) is 0 Å². The molecular formula is C17H17BrClN. The highest BCUT2D eigenvalue weighted by molar-refractivity contribution is 9.10. The number of hydrogen-bond acceptors (Lipinski definition) is 1. The molecule has 0 aliphatic carbocycles. The third kappa shape index (κ3) is 2.59. The molecule has 1 unspecified atom stereocenters. The van der Waals surface area contributed by atoms with Crippen LogP contribution >= 0.6 is 27.5 Å². The molecule has 0 radical (unpaired) electrons. The Balaban J connectivity index is 2.04. The molecule has 1 aliphatic heterocycles. The van der Waals surface area contributed by atoms with Gasteiger partial charge in [-0.1, -0.05) is 47.1 Å². The Morgan fingerprint density at radius 1 is 1.25 bits per heavy atom. The number of halogens is 2. The van der Waals surface area contributed by atoms with Crippen molar-refractivity contribution >= 4 is 38.9 Å². The van der Waals surface area contributed by atoms with E-state index >= 15 is 0 Å². The highest BCUT2D eigenvalue weighted by Crippen LogP contribution is 2.36. The minimum Gasteiger partial charge on any atom is -0.341 e. The van der Waals surface area contributed by atoms with Gasteiger partial charge < -0.3 is 4.90 Å². The fourth-order valence-electron chi connectivity index (χ4n) is 2.85. The minimum absolute atomic E-state index is 0.536. The van der Waals surface area contributed by atoms with E-state index in [4.69, 9.17) is 11.6 Å². The fourth-order valence-corrected chi connectivity index (χ4v) is 3.76. The first-order chi connectivity index (χ1) is 9.69. The standard InChI is InChI=1S/C17H17BrClN/c1-12-8-13-4-2-3-5-17(13)20(11-12)15-7-6-14(10-19)16(18)9-15/h2-7,9,12H,8,10-11H2,1H3. The van der Waals surface area contributed by atoms with Crippen molar-refractivity contribution in [2.75, 3.05) is 11.4 Å². The summed E-state index contributed by atoms with van der Waals surface area (Å²) in [5.74, 6) is 1.20. The van der Waals surface area contributed by atoms with Gasteiger partial charge in [0.1, 0.15) is 0 Å². The van der Waals surface area contributed by atoms with Crippen molar-refractivity contribution in [1.29, 1.82) is 0 Å². The molecule has 0 saturated carbocycles. The molecule has 1 atom stereocenters. The van der Waals surface area contributed by atoms with Crippen LogP contribution in [-0.2, 0) is 12.3 Å². The van der Waals surface area contributed by atoms with Gasteiger partial charge in [0.05, 0.1) is 0 Å². The zero-order chi connectivity index (χ0) is 14.1. The summed E-state index contributed by atoms with van der Waals surface area (Å²) < 4.78 is 1.08. The third-order valence-electron chi connectivity index (χ3n) is 3.84.